The Balaban J connectivity index is 2.67. The molecule has 0 radical (unpaired) electrons. The topological polar surface area (TPSA) is 58.6 Å². The van der Waals surface area contributed by atoms with Gasteiger partial charge in [-0.1, -0.05) is 26.8 Å². The average Bonchev–Trinajstić information content (AvgIpc) is 2.41. The molecule has 2 aromatic rings. The quantitative estimate of drug-likeness (QED) is 0.943. The van der Waals surface area contributed by atoms with Gasteiger partial charge in [-0.15, -0.1) is 0 Å². The van der Waals surface area contributed by atoms with E-state index in [1.807, 2.05) is 26.0 Å². The summed E-state index contributed by atoms with van der Waals surface area (Å²) >= 11 is 3.30. The molecule has 0 aliphatic heterocycles. The molecule has 0 unspecified atom stereocenters. The van der Waals surface area contributed by atoms with Crippen LogP contribution in [-0.4, -0.2) is 15.0 Å². The van der Waals surface area contributed by atoms with Crippen LogP contribution in [0.3, 0.4) is 0 Å². The molecule has 0 aliphatic carbocycles. The molecule has 0 bridgehead atoms. The highest BCUT2D eigenvalue weighted by atomic mass is 79.9. The monoisotopic (exact) mass is 321 g/mol. The van der Waals surface area contributed by atoms with Crippen molar-refractivity contribution in [3.63, 3.8) is 0 Å². The second kappa shape index (κ2) is 5.65. The smallest absolute Gasteiger partial charge is 0.265 e. The number of hydrogen-bond acceptors (Lipinski definition) is 3. The van der Waals surface area contributed by atoms with E-state index in [1.165, 1.54) is 0 Å². The first-order valence-corrected chi connectivity index (χ1v) is 7.07. The van der Waals surface area contributed by atoms with Crippen LogP contribution in [0.5, 0.6) is 0 Å². The normalized spacial score (nSPS) is 11.0. The summed E-state index contributed by atoms with van der Waals surface area (Å²) in [7, 11) is 0. The van der Waals surface area contributed by atoms with E-state index < -0.39 is 0 Å². The highest BCUT2D eigenvalue weighted by Gasteiger charge is 2.15. The number of rotatable bonds is 3. The van der Waals surface area contributed by atoms with Gasteiger partial charge in [-0.2, -0.15) is 0 Å². The van der Waals surface area contributed by atoms with Gasteiger partial charge in [-0.3, -0.25) is 9.78 Å². The maximum absolute atomic E-state index is 12.0. The van der Waals surface area contributed by atoms with Crippen molar-refractivity contribution in [2.75, 3.05) is 0 Å². The minimum atomic E-state index is -0.165. The van der Waals surface area contributed by atoms with Crippen molar-refractivity contribution in [2.45, 2.75) is 33.1 Å². The van der Waals surface area contributed by atoms with Crippen molar-refractivity contribution in [1.82, 2.24) is 15.0 Å². The van der Waals surface area contributed by atoms with E-state index in [1.54, 1.807) is 6.20 Å². The molecule has 0 fully saturated rings. The maximum atomic E-state index is 12.0. The van der Waals surface area contributed by atoms with E-state index >= 15 is 0 Å². The minimum Gasteiger partial charge on any atom is -0.304 e. The molecule has 2 heterocycles. The summed E-state index contributed by atoms with van der Waals surface area (Å²) in [6.45, 7) is 6.08. The van der Waals surface area contributed by atoms with Gasteiger partial charge in [0, 0.05) is 6.20 Å². The minimum absolute atomic E-state index is 0.165. The number of halogens is 1. The molecule has 0 aliphatic rings. The van der Waals surface area contributed by atoms with Crippen LogP contribution in [0.2, 0.25) is 0 Å². The number of pyridine rings is 1. The molecular weight excluding hydrogens is 306 g/mol. The maximum Gasteiger partial charge on any atom is 0.265 e. The lowest BCUT2D eigenvalue weighted by Gasteiger charge is -2.10. The first-order valence-electron chi connectivity index (χ1n) is 6.28. The summed E-state index contributed by atoms with van der Waals surface area (Å²) in [5.74, 6) is 0.707. The molecule has 1 N–H and O–H groups in total. The Morgan fingerprint density at radius 1 is 1.42 bits per heavy atom. The third-order valence-corrected chi connectivity index (χ3v) is 3.70. The zero-order chi connectivity index (χ0) is 14.0. The van der Waals surface area contributed by atoms with Gasteiger partial charge >= 0.3 is 0 Å². The molecule has 0 aromatic carbocycles. The third-order valence-electron chi connectivity index (χ3n) is 2.93. The molecule has 100 valence electrons. The number of H-pyrrole nitrogens is 1. The Labute approximate surface area is 120 Å². The molecule has 5 heteroatoms. The van der Waals surface area contributed by atoms with Crippen molar-refractivity contribution in [3.8, 4) is 11.5 Å². The van der Waals surface area contributed by atoms with Crippen LogP contribution >= 0.6 is 15.9 Å². The Hall–Kier alpha value is -1.49. The van der Waals surface area contributed by atoms with Crippen molar-refractivity contribution in [1.29, 1.82) is 0 Å². The first kappa shape index (κ1) is 13.9. The number of nitrogens with zero attached hydrogens (tertiary/aromatic N) is 2. The second-order valence-electron chi connectivity index (χ2n) is 4.63. The fraction of sp³-hybridized carbons (Fsp3) is 0.357. The van der Waals surface area contributed by atoms with Crippen LogP contribution < -0.4 is 5.56 Å². The van der Waals surface area contributed by atoms with Gasteiger partial charge in [0.15, 0.2) is 5.82 Å². The lowest BCUT2D eigenvalue weighted by atomic mass is 10.1. The fourth-order valence-corrected chi connectivity index (χ4v) is 2.55. The second-order valence-corrected chi connectivity index (χ2v) is 5.43. The number of hydrogen-bond donors (Lipinski definition) is 1. The van der Waals surface area contributed by atoms with Gasteiger partial charge < -0.3 is 4.98 Å². The van der Waals surface area contributed by atoms with Gasteiger partial charge in [0.2, 0.25) is 0 Å². The van der Waals surface area contributed by atoms with E-state index in [0.29, 0.717) is 10.3 Å². The lowest BCUT2D eigenvalue weighted by Crippen LogP contribution is -2.15. The molecule has 0 spiro atoms. The van der Waals surface area contributed by atoms with Crippen molar-refractivity contribution >= 4 is 15.9 Å². The van der Waals surface area contributed by atoms with Crippen LogP contribution in [0.1, 0.15) is 37.9 Å². The van der Waals surface area contributed by atoms with Crippen LogP contribution in [-0.2, 0) is 6.42 Å². The Bertz CT molecular complexity index is 649. The molecule has 4 nitrogen and oxygen atoms in total. The van der Waals surface area contributed by atoms with E-state index in [2.05, 4.69) is 37.8 Å². The summed E-state index contributed by atoms with van der Waals surface area (Å²) in [5.41, 5.74) is 2.41. The zero-order valence-corrected chi connectivity index (χ0v) is 12.8. The SMILES string of the molecule is CCc1cccnc1-c1nc(C(C)C)c(Br)c(=O)[nH]1. The summed E-state index contributed by atoms with van der Waals surface area (Å²) < 4.78 is 0.500. The van der Waals surface area contributed by atoms with E-state index in [-0.39, 0.29) is 11.5 Å². The summed E-state index contributed by atoms with van der Waals surface area (Å²) in [4.78, 5) is 23.6. The van der Waals surface area contributed by atoms with Gasteiger partial charge in [0.25, 0.3) is 5.56 Å². The highest BCUT2D eigenvalue weighted by molar-refractivity contribution is 9.10. The van der Waals surface area contributed by atoms with Crippen LogP contribution in [0, 0.1) is 0 Å². The Kier molecular flexibility index (Phi) is 4.14. The lowest BCUT2D eigenvalue weighted by molar-refractivity contribution is 0.801. The van der Waals surface area contributed by atoms with Crippen LogP contribution in [0.15, 0.2) is 27.6 Å². The number of aromatic nitrogens is 3. The Morgan fingerprint density at radius 2 is 2.16 bits per heavy atom. The molecule has 0 amide bonds. The van der Waals surface area contributed by atoms with E-state index in [0.717, 1.165) is 23.4 Å². The molecule has 0 saturated carbocycles. The molecule has 2 rings (SSSR count). The largest absolute Gasteiger partial charge is 0.304 e. The molecule has 0 saturated heterocycles. The van der Waals surface area contributed by atoms with Gasteiger partial charge in [0.1, 0.15) is 10.2 Å². The number of aryl methyl sites for hydroxylation is 1. The first-order chi connectivity index (χ1) is 9.04. The van der Waals surface area contributed by atoms with Crippen molar-refractivity contribution < 1.29 is 0 Å². The van der Waals surface area contributed by atoms with Crippen LogP contribution in [0.25, 0.3) is 11.5 Å². The number of aromatic amines is 1. The number of nitrogens with one attached hydrogen (secondary N) is 1. The third kappa shape index (κ3) is 2.76. The highest BCUT2D eigenvalue weighted by Crippen LogP contribution is 2.23. The van der Waals surface area contributed by atoms with Crippen molar-refractivity contribution in [3.05, 3.63) is 44.4 Å². The van der Waals surface area contributed by atoms with E-state index in [4.69, 9.17) is 0 Å². The zero-order valence-electron chi connectivity index (χ0n) is 11.2. The Morgan fingerprint density at radius 3 is 2.79 bits per heavy atom. The van der Waals surface area contributed by atoms with Crippen LogP contribution in [0.4, 0.5) is 0 Å². The molecule has 0 atom stereocenters. The summed E-state index contributed by atoms with van der Waals surface area (Å²) in [6.07, 6.45) is 2.56. The fourth-order valence-electron chi connectivity index (χ4n) is 1.91. The predicted octanol–water partition coefficient (Wildman–Crippen LogP) is 3.28. The average molecular weight is 322 g/mol. The van der Waals surface area contributed by atoms with Gasteiger partial charge in [-0.05, 0) is 39.9 Å². The standard InChI is InChI=1S/C14H16BrN3O/c1-4-9-6-5-7-16-12(9)13-17-11(8(2)3)10(15)14(19)18-13/h5-8H,4H2,1-3H3,(H,17,18,19). The summed E-state index contributed by atoms with van der Waals surface area (Å²) in [5, 5.41) is 0. The van der Waals surface area contributed by atoms with Gasteiger partial charge in [0.05, 0.1) is 5.69 Å². The molecule has 2 aromatic heterocycles. The molecule has 19 heavy (non-hydrogen) atoms. The van der Waals surface area contributed by atoms with E-state index in [9.17, 15) is 4.79 Å². The summed E-state index contributed by atoms with van der Waals surface area (Å²) in [6, 6.07) is 3.89. The van der Waals surface area contributed by atoms with Crippen molar-refractivity contribution in [2.24, 2.45) is 0 Å². The molecular formula is C14H16BrN3O. The van der Waals surface area contributed by atoms with Gasteiger partial charge in [-0.25, -0.2) is 4.98 Å². The predicted molar refractivity (Wildman–Crippen MR) is 79.3 cm³/mol.